The molecule has 0 radical (unpaired) electrons. The first-order valence-electron chi connectivity index (χ1n) is 6.27. The maximum absolute atomic E-state index is 9.94. The number of nitrogens with two attached hydrogens (primary N) is 1. The second-order valence-electron chi connectivity index (χ2n) is 5.06. The molecule has 88 valence electrons. The molecule has 1 fully saturated rings. The summed E-state index contributed by atoms with van der Waals surface area (Å²) < 4.78 is 2.05. The molecule has 4 heteroatoms. The summed E-state index contributed by atoms with van der Waals surface area (Å²) in [5, 5.41) is 14.4. The summed E-state index contributed by atoms with van der Waals surface area (Å²) in [5.41, 5.74) is 8.54. The van der Waals surface area contributed by atoms with Crippen LogP contribution in [0.25, 0.3) is 0 Å². The van der Waals surface area contributed by atoms with Crippen molar-refractivity contribution in [1.29, 1.82) is 0 Å². The lowest BCUT2D eigenvalue weighted by Gasteiger charge is -2.23. The van der Waals surface area contributed by atoms with Crippen LogP contribution in [-0.4, -0.2) is 21.0 Å². The minimum atomic E-state index is -0.220. The second-order valence-corrected chi connectivity index (χ2v) is 5.06. The van der Waals surface area contributed by atoms with Crippen LogP contribution in [0.5, 0.6) is 0 Å². The highest BCUT2D eigenvalue weighted by Gasteiger charge is 2.31. The average Bonchev–Trinajstić information content (AvgIpc) is 2.84. The Hall–Kier alpha value is -0.870. The quantitative estimate of drug-likeness (QED) is 0.751. The molecule has 4 nitrogen and oxygen atoms in total. The number of rotatable bonds is 1. The van der Waals surface area contributed by atoms with E-state index in [-0.39, 0.29) is 18.2 Å². The van der Waals surface area contributed by atoms with Gasteiger partial charge in [0.2, 0.25) is 0 Å². The predicted octanol–water partition coefficient (Wildman–Crippen LogP) is 1.31. The Morgan fingerprint density at radius 2 is 2.19 bits per heavy atom. The zero-order valence-corrected chi connectivity index (χ0v) is 9.47. The van der Waals surface area contributed by atoms with Gasteiger partial charge in [0.1, 0.15) is 0 Å². The molecule has 3 atom stereocenters. The van der Waals surface area contributed by atoms with Gasteiger partial charge in [-0.25, -0.2) is 0 Å². The Balaban J connectivity index is 1.96. The van der Waals surface area contributed by atoms with Crippen molar-refractivity contribution in [2.24, 2.45) is 5.73 Å². The van der Waals surface area contributed by atoms with Gasteiger partial charge in [0.15, 0.2) is 0 Å². The third kappa shape index (κ3) is 1.48. The Labute approximate surface area is 95.4 Å². The molecule has 1 saturated carbocycles. The highest BCUT2D eigenvalue weighted by molar-refractivity contribution is 5.25. The van der Waals surface area contributed by atoms with E-state index in [1.807, 2.05) is 10.9 Å². The Morgan fingerprint density at radius 1 is 1.31 bits per heavy atom. The summed E-state index contributed by atoms with van der Waals surface area (Å²) in [5.74, 6) is 0. The van der Waals surface area contributed by atoms with Crippen LogP contribution < -0.4 is 5.73 Å². The Kier molecular flexibility index (Phi) is 2.48. The monoisotopic (exact) mass is 221 g/mol. The van der Waals surface area contributed by atoms with Gasteiger partial charge in [-0.2, -0.15) is 5.10 Å². The Bertz CT molecular complexity index is 388. The molecule has 2 aliphatic carbocycles. The fourth-order valence-electron chi connectivity index (χ4n) is 3.11. The fraction of sp³-hybridized carbons (Fsp3) is 0.750. The molecule has 3 unspecified atom stereocenters. The summed E-state index contributed by atoms with van der Waals surface area (Å²) in [6, 6.07) is 0.338. The molecule has 1 heterocycles. The van der Waals surface area contributed by atoms with Gasteiger partial charge >= 0.3 is 0 Å². The molecular weight excluding hydrogens is 202 g/mol. The molecule has 3 rings (SSSR count). The van der Waals surface area contributed by atoms with E-state index in [4.69, 9.17) is 5.73 Å². The zero-order chi connectivity index (χ0) is 11.1. The first-order valence-corrected chi connectivity index (χ1v) is 6.27. The number of aromatic nitrogens is 2. The van der Waals surface area contributed by atoms with Crippen molar-refractivity contribution in [1.82, 2.24) is 9.78 Å². The van der Waals surface area contributed by atoms with Crippen LogP contribution in [0.3, 0.4) is 0 Å². The maximum atomic E-state index is 9.94. The van der Waals surface area contributed by atoms with Gasteiger partial charge in [0.05, 0.1) is 18.3 Å². The summed E-state index contributed by atoms with van der Waals surface area (Å²) in [6.45, 7) is 0. The van der Waals surface area contributed by atoms with E-state index < -0.39 is 0 Å². The van der Waals surface area contributed by atoms with Crippen molar-refractivity contribution in [2.45, 2.75) is 56.7 Å². The molecule has 1 aromatic rings. The van der Waals surface area contributed by atoms with Crippen LogP contribution in [0.15, 0.2) is 6.20 Å². The van der Waals surface area contributed by atoms with Crippen molar-refractivity contribution >= 4 is 0 Å². The lowest BCUT2D eigenvalue weighted by molar-refractivity contribution is 0.128. The van der Waals surface area contributed by atoms with E-state index >= 15 is 0 Å². The molecule has 0 saturated heterocycles. The molecule has 0 aromatic carbocycles. The van der Waals surface area contributed by atoms with Crippen LogP contribution >= 0.6 is 0 Å². The number of fused-ring (bicyclic) bond motifs is 1. The summed E-state index contributed by atoms with van der Waals surface area (Å²) >= 11 is 0. The topological polar surface area (TPSA) is 64.1 Å². The maximum Gasteiger partial charge on any atom is 0.0781 e. The van der Waals surface area contributed by atoms with Crippen LogP contribution in [0.2, 0.25) is 0 Å². The first-order chi connectivity index (χ1) is 7.77. The highest BCUT2D eigenvalue weighted by Crippen LogP contribution is 2.35. The van der Waals surface area contributed by atoms with Crippen molar-refractivity contribution in [3.63, 3.8) is 0 Å². The van der Waals surface area contributed by atoms with Crippen molar-refractivity contribution < 1.29 is 5.11 Å². The average molecular weight is 221 g/mol. The first kappa shape index (κ1) is 10.3. The largest absolute Gasteiger partial charge is 0.391 e. The standard InChI is InChI=1S/C12H19N3O/c13-9-3-1-4-10-8(9)7-14-15(10)11-5-2-6-12(11)16/h7,9,11-12,16H,1-6,13H2. The van der Waals surface area contributed by atoms with Crippen molar-refractivity contribution in [2.75, 3.05) is 0 Å². The molecule has 3 N–H and O–H groups in total. The van der Waals surface area contributed by atoms with Gasteiger partial charge in [-0.1, -0.05) is 0 Å². The molecule has 0 bridgehead atoms. The van der Waals surface area contributed by atoms with Crippen LogP contribution in [0, 0.1) is 0 Å². The molecule has 0 spiro atoms. The van der Waals surface area contributed by atoms with Crippen molar-refractivity contribution in [3.8, 4) is 0 Å². The Morgan fingerprint density at radius 3 is 2.94 bits per heavy atom. The summed E-state index contributed by atoms with van der Waals surface area (Å²) in [4.78, 5) is 0. The third-order valence-electron chi connectivity index (χ3n) is 4.02. The van der Waals surface area contributed by atoms with E-state index in [9.17, 15) is 5.11 Å². The number of aliphatic hydroxyl groups excluding tert-OH is 1. The molecule has 16 heavy (non-hydrogen) atoms. The van der Waals surface area contributed by atoms with Crippen LogP contribution in [0.4, 0.5) is 0 Å². The SMILES string of the molecule is NC1CCCc2c1cnn2C1CCCC1O. The number of hydrogen-bond acceptors (Lipinski definition) is 3. The smallest absolute Gasteiger partial charge is 0.0781 e. The van der Waals surface area contributed by atoms with Crippen molar-refractivity contribution in [3.05, 3.63) is 17.5 Å². The van der Waals surface area contributed by atoms with Gasteiger partial charge in [-0.05, 0) is 38.5 Å². The minimum absolute atomic E-state index is 0.149. The molecular formula is C12H19N3O. The number of aliphatic hydroxyl groups is 1. The molecule has 0 aliphatic heterocycles. The van der Waals surface area contributed by atoms with Gasteiger partial charge < -0.3 is 10.8 Å². The lowest BCUT2D eigenvalue weighted by atomic mass is 9.93. The fourth-order valence-corrected chi connectivity index (χ4v) is 3.11. The second kappa shape index (κ2) is 3.86. The van der Waals surface area contributed by atoms with Crippen LogP contribution in [-0.2, 0) is 6.42 Å². The van der Waals surface area contributed by atoms with Gasteiger partial charge in [0, 0.05) is 17.3 Å². The number of hydrogen-bond donors (Lipinski definition) is 2. The van der Waals surface area contributed by atoms with Crippen LogP contribution in [0.1, 0.15) is 55.4 Å². The predicted molar refractivity (Wildman–Crippen MR) is 61.0 cm³/mol. The number of nitrogens with zero attached hydrogens (tertiary/aromatic N) is 2. The third-order valence-corrected chi connectivity index (χ3v) is 4.02. The van der Waals surface area contributed by atoms with E-state index in [0.29, 0.717) is 0 Å². The summed E-state index contributed by atoms with van der Waals surface area (Å²) in [6.07, 6.45) is 8.01. The van der Waals surface area contributed by atoms with Gasteiger partial charge in [-0.15, -0.1) is 0 Å². The molecule has 0 amide bonds. The van der Waals surface area contributed by atoms with E-state index in [1.54, 1.807) is 0 Å². The van der Waals surface area contributed by atoms with Gasteiger partial charge in [0.25, 0.3) is 0 Å². The molecule has 2 aliphatic rings. The normalized spacial score (nSPS) is 34.0. The highest BCUT2D eigenvalue weighted by atomic mass is 16.3. The van der Waals surface area contributed by atoms with E-state index in [2.05, 4.69) is 5.10 Å². The van der Waals surface area contributed by atoms with E-state index in [1.165, 1.54) is 11.3 Å². The van der Waals surface area contributed by atoms with Gasteiger partial charge in [-0.3, -0.25) is 4.68 Å². The summed E-state index contributed by atoms with van der Waals surface area (Å²) in [7, 11) is 0. The van der Waals surface area contributed by atoms with E-state index in [0.717, 1.165) is 38.5 Å². The zero-order valence-electron chi connectivity index (χ0n) is 9.47. The molecule has 1 aromatic heterocycles. The lowest BCUT2D eigenvalue weighted by Crippen LogP contribution is -2.24. The minimum Gasteiger partial charge on any atom is -0.391 e.